The van der Waals surface area contributed by atoms with Crippen molar-refractivity contribution in [2.45, 2.75) is 45.6 Å². The van der Waals surface area contributed by atoms with Gasteiger partial charge in [-0.3, -0.25) is 4.79 Å². The lowest BCUT2D eigenvalue weighted by Gasteiger charge is -2.40. The Hall–Kier alpha value is -2.76. The molecular weight excluding hydrogens is 362 g/mol. The summed E-state index contributed by atoms with van der Waals surface area (Å²) in [6, 6.07) is 3.59. The van der Waals surface area contributed by atoms with Crippen LogP contribution in [0.25, 0.3) is 5.57 Å². The molecule has 4 nitrogen and oxygen atoms in total. The van der Waals surface area contributed by atoms with Crippen molar-refractivity contribution >= 4 is 17.2 Å². The van der Waals surface area contributed by atoms with Crippen LogP contribution in [0.5, 0.6) is 0 Å². The molecule has 1 aromatic carbocycles. The molecule has 146 valence electrons. The first-order valence-corrected chi connectivity index (χ1v) is 9.54. The van der Waals surface area contributed by atoms with Gasteiger partial charge in [-0.25, -0.2) is 8.78 Å². The number of amides is 1. The highest BCUT2D eigenvalue weighted by Gasteiger charge is 2.34. The third kappa shape index (κ3) is 3.28. The molecule has 1 fully saturated rings. The number of anilines is 1. The normalized spacial score (nSPS) is 22.5. The van der Waals surface area contributed by atoms with Gasteiger partial charge in [0.1, 0.15) is 5.76 Å². The van der Waals surface area contributed by atoms with E-state index in [-0.39, 0.29) is 17.9 Å². The minimum atomic E-state index is -0.936. The monoisotopic (exact) mass is 384 g/mol. The molecule has 2 aliphatic rings. The van der Waals surface area contributed by atoms with Gasteiger partial charge in [0.2, 0.25) is 5.91 Å². The van der Waals surface area contributed by atoms with E-state index in [1.54, 1.807) is 4.90 Å². The van der Waals surface area contributed by atoms with Crippen molar-refractivity contribution in [3.8, 4) is 0 Å². The Balaban J connectivity index is 1.60. The van der Waals surface area contributed by atoms with Crippen molar-refractivity contribution in [1.82, 2.24) is 5.16 Å². The second kappa shape index (κ2) is 7.34. The number of hydrogen-bond donors (Lipinski definition) is 0. The Kier molecular flexibility index (Phi) is 4.87. The number of hydrogen-bond acceptors (Lipinski definition) is 3. The predicted octanol–water partition coefficient (Wildman–Crippen LogP) is 5.11. The summed E-state index contributed by atoms with van der Waals surface area (Å²) < 4.78 is 32.4. The summed E-state index contributed by atoms with van der Waals surface area (Å²) >= 11 is 0. The van der Waals surface area contributed by atoms with Crippen LogP contribution < -0.4 is 4.90 Å². The quantitative estimate of drug-likeness (QED) is 0.738. The van der Waals surface area contributed by atoms with Gasteiger partial charge < -0.3 is 9.42 Å². The molecule has 6 heteroatoms. The maximum Gasteiger partial charge on any atom is 0.227 e. The molecule has 0 spiro atoms. The van der Waals surface area contributed by atoms with Crippen molar-refractivity contribution < 1.29 is 18.1 Å². The third-order valence-corrected chi connectivity index (χ3v) is 5.62. The van der Waals surface area contributed by atoms with Gasteiger partial charge in [0, 0.05) is 35.7 Å². The number of piperidine rings is 1. The van der Waals surface area contributed by atoms with E-state index in [4.69, 9.17) is 4.52 Å². The highest BCUT2D eigenvalue weighted by Crippen LogP contribution is 2.36. The van der Waals surface area contributed by atoms with E-state index in [0.29, 0.717) is 12.1 Å². The van der Waals surface area contributed by atoms with Crippen LogP contribution in [0.4, 0.5) is 14.5 Å². The second-order valence-corrected chi connectivity index (χ2v) is 7.44. The number of halogens is 2. The van der Waals surface area contributed by atoms with Gasteiger partial charge >= 0.3 is 0 Å². The van der Waals surface area contributed by atoms with Gasteiger partial charge in [0.25, 0.3) is 0 Å². The first-order valence-electron chi connectivity index (χ1n) is 9.54. The van der Waals surface area contributed by atoms with Gasteiger partial charge in [-0.1, -0.05) is 23.4 Å². The van der Waals surface area contributed by atoms with E-state index in [9.17, 15) is 13.6 Å². The highest BCUT2D eigenvalue weighted by atomic mass is 19.2. The molecule has 1 aromatic heterocycles. The van der Waals surface area contributed by atoms with Gasteiger partial charge in [-0.05, 0) is 50.8 Å². The predicted molar refractivity (Wildman–Crippen MR) is 103 cm³/mol. The second-order valence-electron chi connectivity index (χ2n) is 7.44. The minimum absolute atomic E-state index is 0.0452. The Labute approximate surface area is 162 Å². The molecule has 2 atom stereocenters. The Morgan fingerprint density at radius 3 is 2.68 bits per heavy atom. The zero-order chi connectivity index (χ0) is 19.8. The lowest BCUT2D eigenvalue weighted by atomic mass is 9.83. The summed E-state index contributed by atoms with van der Waals surface area (Å²) in [7, 11) is 0. The van der Waals surface area contributed by atoms with Crippen molar-refractivity contribution in [3.05, 3.63) is 65.1 Å². The number of nitrogens with zero attached hydrogens (tertiary/aromatic N) is 2. The van der Waals surface area contributed by atoms with Crippen LogP contribution in [-0.4, -0.2) is 17.1 Å². The Bertz CT molecular complexity index is 957. The molecule has 1 saturated heterocycles. The first-order chi connectivity index (χ1) is 13.5. The molecule has 1 amide bonds. The number of benzene rings is 1. The number of aryl methyl sites for hydroxylation is 2. The number of rotatable bonds is 3. The Morgan fingerprint density at radius 2 is 2.04 bits per heavy atom. The van der Waals surface area contributed by atoms with Crippen LogP contribution in [-0.2, 0) is 4.79 Å². The average Bonchev–Trinajstić information content (AvgIpc) is 3.02. The van der Waals surface area contributed by atoms with Gasteiger partial charge in [-0.2, -0.15) is 0 Å². The third-order valence-electron chi connectivity index (χ3n) is 5.62. The van der Waals surface area contributed by atoms with E-state index in [1.807, 2.05) is 19.9 Å². The maximum atomic E-state index is 13.8. The number of allylic oxidation sites excluding steroid dienone is 3. The van der Waals surface area contributed by atoms with E-state index in [1.165, 1.54) is 6.07 Å². The molecule has 0 bridgehead atoms. The summed E-state index contributed by atoms with van der Waals surface area (Å²) in [5.74, 6) is -0.996. The molecule has 1 aliphatic carbocycles. The fourth-order valence-electron chi connectivity index (χ4n) is 4.28. The number of carbonyl (C=O) groups excluding carboxylic acids is 1. The van der Waals surface area contributed by atoms with E-state index in [2.05, 4.69) is 17.3 Å². The minimum Gasteiger partial charge on any atom is -0.361 e. The topological polar surface area (TPSA) is 46.3 Å². The molecule has 1 unspecified atom stereocenters. The van der Waals surface area contributed by atoms with E-state index < -0.39 is 11.6 Å². The van der Waals surface area contributed by atoms with Crippen molar-refractivity contribution in [2.24, 2.45) is 5.92 Å². The standard InChI is InChI=1S/C22H22F2N2O2/c1-13-22(14(2)28-25-13)16-8-6-15(7-9-16)20-4-3-5-21(27)26(20)17-10-11-18(23)19(24)12-17/h6,8-12,15,20H,3-5,7H2,1-2H3/t15?,20-/m0/s1. The van der Waals surface area contributed by atoms with Crippen molar-refractivity contribution in [2.75, 3.05) is 4.90 Å². The van der Waals surface area contributed by atoms with Gasteiger partial charge in [0.05, 0.1) is 5.69 Å². The molecule has 1 aliphatic heterocycles. The van der Waals surface area contributed by atoms with E-state index >= 15 is 0 Å². The molecular formula is C22H22F2N2O2. The van der Waals surface area contributed by atoms with Crippen LogP contribution >= 0.6 is 0 Å². The van der Waals surface area contributed by atoms with E-state index in [0.717, 1.165) is 54.0 Å². The number of carbonyl (C=O) groups is 1. The molecule has 2 heterocycles. The summed E-state index contributed by atoms with van der Waals surface area (Å²) in [6.07, 6.45) is 9.10. The fourth-order valence-corrected chi connectivity index (χ4v) is 4.28. The first kappa shape index (κ1) is 18.6. The van der Waals surface area contributed by atoms with Gasteiger partial charge in [-0.15, -0.1) is 0 Å². The van der Waals surface area contributed by atoms with Crippen molar-refractivity contribution in [1.29, 1.82) is 0 Å². The lowest BCUT2D eigenvalue weighted by molar-refractivity contribution is -0.120. The molecule has 0 N–H and O–H groups in total. The summed E-state index contributed by atoms with van der Waals surface area (Å²) in [6.45, 7) is 3.80. The zero-order valence-electron chi connectivity index (χ0n) is 15.9. The zero-order valence-corrected chi connectivity index (χ0v) is 15.9. The number of aromatic nitrogens is 1. The van der Waals surface area contributed by atoms with Crippen LogP contribution in [0.2, 0.25) is 0 Å². The molecule has 4 rings (SSSR count). The lowest BCUT2D eigenvalue weighted by Crippen LogP contribution is -2.47. The highest BCUT2D eigenvalue weighted by molar-refractivity contribution is 5.95. The largest absolute Gasteiger partial charge is 0.361 e. The van der Waals surface area contributed by atoms with Crippen molar-refractivity contribution in [3.63, 3.8) is 0 Å². The SMILES string of the molecule is Cc1noc(C)c1C1=CCC([C@@H]2CCCC(=O)N2c2ccc(F)c(F)c2)C=C1. The molecule has 28 heavy (non-hydrogen) atoms. The van der Waals surface area contributed by atoms with Crippen LogP contribution in [0.1, 0.15) is 42.7 Å². The molecule has 0 saturated carbocycles. The van der Waals surface area contributed by atoms with Gasteiger partial charge in [0.15, 0.2) is 11.6 Å². The fraction of sp³-hybridized carbons (Fsp3) is 0.364. The summed E-state index contributed by atoms with van der Waals surface area (Å²) in [5, 5.41) is 4.01. The molecule has 0 radical (unpaired) electrons. The maximum absolute atomic E-state index is 13.8. The molecule has 2 aromatic rings. The van der Waals surface area contributed by atoms with Crippen LogP contribution in [0.15, 0.2) is 41.0 Å². The Morgan fingerprint density at radius 1 is 1.21 bits per heavy atom. The smallest absolute Gasteiger partial charge is 0.227 e. The van der Waals surface area contributed by atoms with Crippen LogP contribution in [0.3, 0.4) is 0 Å². The summed E-state index contributed by atoms with van der Waals surface area (Å²) in [4.78, 5) is 14.3. The average molecular weight is 384 g/mol. The van der Waals surface area contributed by atoms with Crippen LogP contribution in [0, 0.1) is 31.4 Å². The summed E-state index contributed by atoms with van der Waals surface area (Å²) in [5.41, 5.74) is 3.34.